The number of hydrogen-bond acceptors (Lipinski definition) is 2. The molecule has 8 heavy (non-hydrogen) atoms. The van der Waals surface area contributed by atoms with Gasteiger partial charge < -0.3 is 4.57 Å². The Morgan fingerprint density at radius 1 is 1.75 bits per heavy atom. The van der Waals surface area contributed by atoms with Crippen molar-refractivity contribution in [3.05, 3.63) is 12.0 Å². The number of imidazole rings is 1. The van der Waals surface area contributed by atoms with Crippen LogP contribution >= 0.6 is 12.6 Å². The van der Waals surface area contributed by atoms with Crippen LogP contribution < -0.4 is 0 Å². The Morgan fingerprint density at radius 3 is 2.50 bits per heavy atom. The molecule has 0 spiro atoms. The van der Waals surface area contributed by atoms with Crippen LogP contribution in [-0.2, 0) is 7.05 Å². The van der Waals surface area contributed by atoms with Gasteiger partial charge in [-0.2, -0.15) is 0 Å². The van der Waals surface area contributed by atoms with Crippen LogP contribution in [0.1, 0.15) is 5.82 Å². The molecule has 0 aliphatic heterocycles. The average molecular weight is 128 g/mol. The minimum absolute atomic E-state index is 0.905. The third-order valence-corrected chi connectivity index (χ3v) is 1.61. The van der Waals surface area contributed by atoms with Crippen LogP contribution in [0.2, 0.25) is 0 Å². The summed E-state index contributed by atoms with van der Waals surface area (Å²) in [5.41, 5.74) is 0. The molecule has 0 bridgehead atoms. The molecular weight excluding hydrogens is 120 g/mol. The topological polar surface area (TPSA) is 17.8 Å². The Kier molecular flexibility index (Phi) is 1.29. The molecular formula is C5H8N2S. The summed E-state index contributed by atoms with van der Waals surface area (Å²) in [4.78, 5) is 4.00. The summed E-state index contributed by atoms with van der Waals surface area (Å²) in [6, 6.07) is 0. The predicted octanol–water partition coefficient (Wildman–Crippen LogP) is 1.02. The zero-order valence-electron chi connectivity index (χ0n) is 4.92. The van der Waals surface area contributed by atoms with Gasteiger partial charge in [-0.1, -0.05) is 0 Å². The summed E-state index contributed by atoms with van der Waals surface area (Å²) < 4.78 is 1.92. The quantitative estimate of drug-likeness (QED) is 0.516. The highest BCUT2D eigenvalue weighted by atomic mass is 32.1. The SMILES string of the molecule is Cc1ncc(S)n1C. The summed E-state index contributed by atoms with van der Waals surface area (Å²) >= 11 is 4.12. The van der Waals surface area contributed by atoms with Crippen molar-refractivity contribution in [3.63, 3.8) is 0 Å². The van der Waals surface area contributed by atoms with Crippen LogP contribution in [0.25, 0.3) is 0 Å². The molecule has 44 valence electrons. The fourth-order valence-corrected chi connectivity index (χ4v) is 0.693. The molecule has 0 aliphatic carbocycles. The summed E-state index contributed by atoms with van der Waals surface area (Å²) in [7, 11) is 1.94. The highest BCUT2D eigenvalue weighted by Crippen LogP contribution is 2.04. The maximum Gasteiger partial charge on any atom is 0.106 e. The van der Waals surface area contributed by atoms with Gasteiger partial charge in [0.2, 0.25) is 0 Å². The standard InChI is InChI=1S/C5H8N2S/c1-4-6-3-5(8)7(4)2/h3,8H,1-2H3. The minimum Gasteiger partial charge on any atom is -0.327 e. The highest BCUT2D eigenvalue weighted by Gasteiger charge is 1.93. The van der Waals surface area contributed by atoms with E-state index in [1.165, 1.54) is 0 Å². The van der Waals surface area contributed by atoms with Gasteiger partial charge >= 0.3 is 0 Å². The molecule has 0 aliphatic rings. The molecule has 0 N–H and O–H groups in total. The molecule has 3 heteroatoms. The number of aryl methyl sites for hydroxylation is 1. The molecule has 0 fully saturated rings. The van der Waals surface area contributed by atoms with Crippen LogP contribution in [0.4, 0.5) is 0 Å². The fraction of sp³-hybridized carbons (Fsp3) is 0.400. The molecule has 1 rings (SSSR count). The molecule has 2 nitrogen and oxygen atoms in total. The van der Waals surface area contributed by atoms with E-state index < -0.39 is 0 Å². The van der Waals surface area contributed by atoms with E-state index in [4.69, 9.17) is 0 Å². The first kappa shape index (κ1) is 5.69. The van der Waals surface area contributed by atoms with Crippen LogP contribution in [-0.4, -0.2) is 9.55 Å². The molecule has 1 aromatic heterocycles. The fourth-order valence-electron chi connectivity index (χ4n) is 0.490. The van der Waals surface area contributed by atoms with Gasteiger partial charge in [-0.05, 0) is 6.92 Å². The second kappa shape index (κ2) is 1.82. The van der Waals surface area contributed by atoms with Crippen molar-refractivity contribution in [2.24, 2.45) is 7.05 Å². The van der Waals surface area contributed by atoms with Crippen molar-refractivity contribution in [2.75, 3.05) is 0 Å². The monoisotopic (exact) mass is 128 g/mol. The summed E-state index contributed by atoms with van der Waals surface area (Å²) in [6.07, 6.45) is 1.73. The number of aromatic nitrogens is 2. The normalized spacial score (nSPS) is 9.88. The molecule has 0 atom stereocenters. The number of hydrogen-bond donors (Lipinski definition) is 1. The third kappa shape index (κ3) is 0.733. The summed E-state index contributed by atoms with van der Waals surface area (Å²) in [5.74, 6) is 0.995. The van der Waals surface area contributed by atoms with Gasteiger partial charge in [0, 0.05) is 7.05 Å². The Balaban J connectivity index is 3.19. The van der Waals surface area contributed by atoms with Crippen LogP contribution in [0, 0.1) is 6.92 Å². The number of thiol groups is 1. The van der Waals surface area contributed by atoms with Gasteiger partial charge in [-0.15, -0.1) is 12.6 Å². The molecule has 0 unspecified atom stereocenters. The lowest BCUT2D eigenvalue weighted by Crippen LogP contribution is -1.90. The summed E-state index contributed by atoms with van der Waals surface area (Å²) in [5, 5.41) is 0.905. The smallest absolute Gasteiger partial charge is 0.106 e. The van der Waals surface area contributed by atoms with E-state index in [-0.39, 0.29) is 0 Å². The van der Waals surface area contributed by atoms with Gasteiger partial charge in [-0.3, -0.25) is 0 Å². The van der Waals surface area contributed by atoms with Crippen molar-refractivity contribution in [1.82, 2.24) is 9.55 Å². The molecule has 0 radical (unpaired) electrons. The predicted molar refractivity (Wildman–Crippen MR) is 35.2 cm³/mol. The Labute approximate surface area is 54.0 Å². The summed E-state index contributed by atoms with van der Waals surface area (Å²) in [6.45, 7) is 1.94. The van der Waals surface area contributed by atoms with Crippen molar-refractivity contribution >= 4 is 12.6 Å². The van der Waals surface area contributed by atoms with Gasteiger partial charge in [0.15, 0.2) is 0 Å². The number of nitrogens with zero attached hydrogens (tertiary/aromatic N) is 2. The van der Waals surface area contributed by atoms with Crippen molar-refractivity contribution < 1.29 is 0 Å². The average Bonchev–Trinajstić information content (AvgIpc) is 1.98. The zero-order chi connectivity index (χ0) is 6.15. The van der Waals surface area contributed by atoms with Crippen LogP contribution in [0.3, 0.4) is 0 Å². The first-order valence-corrected chi connectivity index (χ1v) is 2.84. The van der Waals surface area contributed by atoms with Crippen molar-refractivity contribution in [1.29, 1.82) is 0 Å². The first-order valence-electron chi connectivity index (χ1n) is 2.39. The van der Waals surface area contributed by atoms with E-state index in [2.05, 4.69) is 17.6 Å². The van der Waals surface area contributed by atoms with E-state index in [0.29, 0.717) is 0 Å². The lowest BCUT2D eigenvalue weighted by Gasteiger charge is -1.92. The van der Waals surface area contributed by atoms with E-state index in [0.717, 1.165) is 10.9 Å². The molecule has 1 aromatic rings. The maximum absolute atomic E-state index is 4.12. The van der Waals surface area contributed by atoms with Gasteiger partial charge in [0.1, 0.15) is 5.82 Å². The Morgan fingerprint density at radius 2 is 2.38 bits per heavy atom. The molecule has 0 aromatic carbocycles. The van der Waals surface area contributed by atoms with Gasteiger partial charge in [0.05, 0.1) is 11.2 Å². The van der Waals surface area contributed by atoms with Crippen LogP contribution in [0.5, 0.6) is 0 Å². The van der Waals surface area contributed by atoms with E-state index in [9.17, 15) is 0 Å². The third-order valence-electron chi connectivity index (χ3n) is 1.20. The van der Waals surface area contributed by atoms with Crippen LogP contribution in [0.15, 0.2) is 11.2 Å². The molecule has 0 amide bonds. The number of rotatable bonds is 0. The lowest BCUT2D eigenvalue weighted by molar-refractivity contribution is 0.787. The Bertz CT molecular complexity index is 173. The maximum atomic E-state index is 4.12. The molecule has 1 heterocycles. The molecule has 0 saturated heterocycles. The van der Waals surface area contributed by atoms with E-state index >= 15 is 0 Å². The zero-order valence-corrected chi connectivity index (χ0v) is 5.81. The second-order valence-electron chi connectivity index (χ2n) is 1.72. The van der Waals surface area contributed by atoms with E-state index in [1.54, 1.807) is 6.20 Å². The van der Waals surface area contributed by atoms with Gasteiger partial charge in [0.25, 0.3) is 0 Å². The van der Waals surface area contributed by atoms with Crippen molar-refractivity contribution in [3.8, 4) is 0 Å². The largest absolute Gasteiger partial charge is 0.327 e. The Hall–Kier alpha value is -0.440. The second-order valence-corrected chi connectivity index (χ2v) is 2.18. The first-order chi connectivity index (χ1) is 3.72. The lowest BCUT2D eigenvalue weighted by atomic mass is 10.7. The molecule has 0 saturated carbocycles. The highest BCUT2D eigenvalue weighted by molar-refractivity contribution is 7.80. The minimum atomic E-state index is 0.905. The van der Waals surface area contributed by atoms with Crippen molar-refractivity contribution in [2.45, 2.75) is 11.9 Å². The van der Waals surface area contributed by atoms with E-state index in [1.807, 2.05) is 18.5 Å². The van der Waals surface area contributed by atoms with Gasteiger partial charge in [-0.25, -0.2) is 4.98 Å².